The molecule has 17 heavy (non-hydrogen) atoms. The summed E-state index contributed by atoms with van der Waals surface area (Å²) in [5.74, 6) is 0.732. The monoisotopic (exact) mass is 245 g/mol. The largest absolute Gasteiger partial charge is 0.497 e. The number of aromatic nitrogens is 1. The number of rotatable bonds is 4. The Morgan fingerprint density at radius 2 is 2.41 bits per heavy atom. The minimum atomic E-state index is 0.607. The van der Waals surface area contributed by atoms with Crippen molar-refractivity contribution in [1.82, 2.24) is 4.98 Å². The number of thiazole rings is 1. The molecule has 1 N–H and O–H groups in total. The first-order chi connectivity index (χ1) is 8.33. The quantitative estimate of drug-likeness (QED) is 0.899. The molecule has 0 saturated carbocycles. The zero-order chi connectivity index (χ0) is 12.1. The standard InChI is InChI=1S/C12H11N3OS/c1-16-10-3-2-9(5-13)12(4-10)15-7-11-6-14-8-17-11/h2-4,6,8,15H,7H2,1H3. The first-order valence-corrected chi connectivity index (χ1v) is 5.91. The summed E-state index contributed by atoms with van der Waals surface area (Å²) < 4.78 is 5.13. The highest BCUT2D eigenvalue weighted by Crippen LogP contribution is 2.22. The summed E-state index contributed by atoms with van der Waals surface area (Å²) in [7, 11) is 1.61. The van der Waals surface area contributed by atoms with E-state index in [2.05, 4.69) is 16.4 Å². The first kappa shape index (κ1) is 11.4. The number of hydrogen-bond acceptors (Lipinski definition) is 5. The molecule has 1 aromatic carbocycles. The van der Waals surface area contributed by atoms with Crippen LogP contribution in [0.4, 0.5) is 5.69 Å². The molecular formula is C12H11N3OS. The number of nitrogens with zero attached hydrogens (tertiary/aromatic N) is 2. The molecule has 0 aliphatic heterocycles. The molecule has 0 spiro atoms. The summed E-state index contributed by atoms with van der Waals surface area (Å²) in [6.45, 7) is 0.659. The summed E-state index contributed by atoms with van der Waals surface area (Å²) in [5, 5.41) is 12.2. The zero-order valence-corrected chi connectivity index (χ0v) is 10.1. The van der Waals surface area contributed by atoms with Crippen molar-refractivity contribution >= 4 is 17.0 Å². The van der Waals surface area contributed by atoms with Gasteiger partial charge >= 0.3 is 0 Å². The Morgan fingerprint density at radius 1 is 1.53 bits per heavy atom. The molecule has 0 aliphatic carbocycles. The van der Waals surface area contributed by atoms with Crippen LogP contribution in [0.1, 0.15) is 10.4 Å². The second kappa shape index (κ2) is 5.32. The lowest BCUT2D eigenvalue weighted by atomic mass is 10.2. The maximum Gasteiger partial charge on any atom is 0.121 e. The van der Waals surface area contributed by atoms with Crippen molar-refractivity contribution in [3.8, 4) is 11.8 Å². The third-order valence-corrected chi connectivity index (χ3v) is 3.06. The van der Waals surface area contributed by atoms with Crippen LogP contribution in [0.15, 0.2) is 29.9 Å². The van der Waals surface area contributed by atoms with Gasteiger partial charge in [0, 0.05) is 17.1 Å². The van der Waals surface area contributed by atoms with Crippen LogP contribution in [0.5, 0.6) is 5.75 Å². The van der Waals surface area contributed by atoms with Gasteiger partial charge in [-0.2, -0.15) is 5.26 Å². The van der Waals surface area contributed by atoms with Crippen molar-refractivity contribution in [2.75, 3.05) is 12.4 Å². The molecule has 4 nitrogen and oxygen atoms in total. The third-order valence-electron chi connectivity index (χ3n) is 2.28. The van der Waals surface area contributed by atoms with Gasteiger partial charge in [0.2, 0.25) is 0 Å². The Balaban J connectivity index is 2.16. The van der Waals surface area contributed by atoms with Gasteiger partial charge in [-0.25, -0.2) is 0 Å². The molecular weight excluding hydrogens is 234 g/mol. The van der Waals surface area contributed by atoms with Crippen LogP contribution in [0.3, 0.4) is 0 Å². The van der Waals surface area contributed by atoms with Gasteiger partial charge in [-0.1, -0.05) is 0 Å². The van der Waals surface area contributed by atoms with Crippen LogP contribution in [0, 0.1) is 11.3 Å². The lowest BCUT2D eigenvalue weighted by molar-refractivity contribution is 0.415. The molecule has 0 unspecified atom stereocenters. The predicted octanol–water partition coefficient (Wildman–Crippen LogP) is 2.64. The summed E-state index contributed by atoms with van der Waals surface area (Å²) in [6.07, 6.45) is 1.81. The van der Waals surface area contributed by atoms with Gasteiger partial charge in [0.25, 0.3) is 0 Å². The van der Waals surface area contributed by atoms with Crippen LogP contribution in [-0.4, -0.2) is 12.1 Å². The van der Waals surface area contributed by atoms with E-state index in [4.69, 9.17) is 10.00 Å². The van der Waals surface area contributed by atoms with Crippen molar-refractivity contribution in [1.29, 1.82) is 5.26 Å². The van der Waals surface area contributed by atoms with E-state index < -0.39 is 0 Å². The van der Waals surface area contributed by atoms with Gasteiger partial charge in [0.15, 0.2) is 0 Å². The van der Waals surface area contributed by atoms with Gasteiger partial charge in [0.1, 0.15) is 11.8 Å². The van der Waals surface area contributed by atoms with Gasteiger partial charge in [-0.05, 0) is 12.1 Å². The fourth-order valence-corrected chi connectivity index (χ4v) is 1.94. The molecule has 86 valence electrons. The van der Waals surface area contributed by atoms with E-state index in [1.54, 1.807) is 36.1 Å². The third kappa shape index (κ3) is 2.74. The average Bonchev–Trinajstić information content (AvgIpc) is 2.89. The minimum Gasteiger partial charge on any atom is -0.497 e. The summed E-state index contributed by atoms with van der Waals surface area (Å²) in [6, 6.07) is 7.48. The van der Waals surface area contributed by atoms with Crippen LogP contribution >= 0.6 is 11.3 Å². The van der Waals surface area contributed by atoms with Gasteiger partial charge in [0.05, 0.1) is 30.4 Å². The molecule has 0 radical (unpaired) electrons. The van der Waals surface area contributed by atoms with Gasteiger partial charge in [-0.15, -0.1) is 11.3 Å². The summed E-state index contributed by atoms with van der Waals surface area (Å²) in [4.78, 5) is 5.12. The molecule has 1 aromatic heterocycles. The number of nitrogens with one attached hydrogen (secondary N) is 1. The van der Waals surface area contributed by atoms with Gasteiger partial charge in [-0.3, -0.25) is 4.98 Å². The van der Waals surface area contributed by atoms with Crippen molar-refractivity contribution in [3.05, 3.63) is 40.3 Å². The topological polar surface area (TPSA) is 57.9 Å². The number of anilines is 1. The zero-order valence-electron chi connectivity index (χ0n) is 9.30. The van der Waals surface area contributed by atoms with Crippen LogP contribution in [0.2, 0.25) is 0 Å². The van der Waals surface area contributed by atoms with Crippen molar-refractivity contribution in [2.45, 2.75) is 6.54 Å². The van der Waals surface area contributed by atoms with E-state index in [0.717, 1.165) is 16.3 Å². The number of hydrogen-bond donors (Lipinski definition) is 1. The van der Waals surface area contributed by atoms with E-state index in [9.17, 15) is 0 Å². The maximum atomic E-state index is 9.00. The Bertz CT molecular complexity index is 531. The Kier molecular flexibility index (Phi) is 3.58. The second-order valence-electron chi connectivity index (χ2n) is 3.34. The number of nitriles is 1. The van der Waals surface area contributed by atoms with E-state index in [0.29, 0.717) is 12.1 Å². The Morgan fingerprint density at radius 3 is 3.06 bits per heavy atom. The van der Waals surface area contributed by atoms with Crippen LogP contribution < -0.4 is 10.1 Å². The van der Waals surface area contributed by atoms with Crippen LogP contribution in [0.25, 0.3) is 0 Å². The molecule has 2 aromatic rings. The maximum absolute atomic E-state index is 9.00. The molecule has 0 bridgehead atoms. The van der Waals surface area contributed by atoms with E-state index in [1.807, 2.05) is 12.3 Å². The fraction of sp³-hybridized carbons (Fsp3) is 0.167. The Hall–Kier alpha value is -2.06. The molecule has 0 amide bonds. The van der Waals surface area contributed by atoms with Crippen molar-refractivity contribution in [2.24, 2.45) is 0 Å². The molecule has 5 heteroatoms. The number of benzene rings is 1. The number of methoxy groups -OCH3 is 1. The van der Waals surface area contributed by atoms with Crippen LogP contribution in [-0.2, 0) is 6.54 Å². The summed E-state index contributed by atoms with van der Waals surface area (Å²) >= 11 is 1.58. The average molecular weight is 245 g/mol. The van der Waals surface area contributed by atoms with E-state index in [1.165, 1.54) is 0 Å². The Labute approximate surface area is 103 Å². The highest BCUT2D eigenvalue weighted by molar-refractivity contribution is 7.09. The highest BCUT2D eigenvalue weighted by Gasteiger charge is 2.04. The summed E-state index contributed by atoms with van der Waals surface area (Å²) in [5.41, 5.74) is 3.17. The second-order valence-corrected chi connectivity index (χ2v) is 4.32. The lowest BCUT2D eigenvalue weighted by Crippen LogP contribution is -2.00. The SMILES string of the molecule is COc1ccc(C#N)c(NCc2cncs2)c1. The molecule has 2 rings (SSSR count). The molecule has 0 atom stereocenters. The highest BCUT2D eigenvalue weighted by atomic mass is 32.1. The normalized spacial score (nSPS) is 9.65. The van der Waals surface area contributed by atoms with Gasteiger partial charge < -0.3 is 10.1 Å². The van der Waals surface area contributed by atoms with E-state index in [-0.39, 0.29) is 0 Å². The van der Waals surface area contributed by atoms with E-state index >= 15 is 0 Å². The molecule has 1 heterocycles. The molecule has 0 saturated heterocycles. The fourth-order valence-electron chi connectivity index (χ4n) is 1.41. The first-order valence-electron chi connectivity index (χ1n) is 5.03. The van der Waals surface area contributed by atoms with Crippen molar-refractivity contribution < 1.29 is 4.74 Å². The lowest BCUT2D eigenvalue weighted by Gasteiger charge is -2.08. The van der Waals surface area contributed by atoms with Crippen molar-refractivity contribution in [3.63, 3.8) is 0 Å². The minimum absolute atomic E-state index is 0.607. The predicted molar refractivity (Wildman–Crippen MR) is 67.1 cm³/mol. The smallest absolute Gasteiger partial charge is 0.121 e. The number of ether oxygens (including phenoxy) is 1. The molecule has 0 aliphatic rings. The molecule has 0 fully saturated rings.